The number of amides is 1. The number of hydrogen-bond donors (Lipinski definition) is 1. The minimum atomic E-state index is 0.0553. The number of aromatic nitrogens is 4. The fourth-order valence-corrected chi connectivity index (χ4v) is 4.46. The lowest BCUT2D eigenvalue weighted by Crippen LogP contribution is -2.40. The van der Waals surface area contributed by atoms with Crippen LogP contribution in [0.15, 0.2) is 60.0 Å². The van der Waals surface area contributed by atoms with Gasteiger partial charge >= 0.3 is 0 Å². The molecule has 1 aliphatic heterocycles. The molecule has 0 saturated carbocycles. The number of hydrogen-bond acceptors (Lipinski definition) is 6. The Labute approximate surface area is 178 Å². The van der Waals surface area contributed by atoms with Crippen LogP contribution in [-0.2, 0) is 11.3 Å². The zero-order valence-electron chi connectivity index (χ0n) is 16.4. The first kappa shape index (κ1) is 18.7. The van der Waals surface area contributed by atoms with Crippen molar-refractivity contribution in [2.24, 2.45) is 5.92 Å². The summed E-state index contributed by atoms with van der Waals surface area (Å²) < 4.78 is 1.80. The van der Waals surface area contributed by atoms with Gasteiger partial charge in [0.2, 0.25) is 5.91 Å². The number of nitrogens with zero attached hydrogens (tertiary/aromatic N) is 5. The molecular weight excluding hydrogens is 396 g/mol. The first-order chi connectivity index (χ1) is 14.8. The molecule has 3 aromatic heterocycles. The fourth-order valence-electron chi connectivity index (χ4n) is 3.82. The third kappa shape index (κ3) is 3.78. The van der Waals surface area contributed by atoms with Crippen molar-refractivity contribution in [3.8, 4) is 11.4 Å². The Morgan fingerprint density at radius 2 is 1.87 bits per heavy atom. The van der Waals surface area contributed by atoms with Crippen LogP contribution >= 0.6 is 11.3 Å². The molecule has 4 heterocycles. The molecule has 5 rings (SSSR count). The summed E-state index contributed by atoms with van der Waals surface area (Å²) in [4.78, 5) is 15.9. The molecular formula is C22H22N6OS. The van der Waals surface area contributed by atoms with E-state index in [1.807, 2.05) is 60.0 Å². The van der Waals surface area contributed by atoms with Crippen molar-refractivity contribution in [3.63, 3.8) is 0 Å². The van der Waals surface area contributed by atoms with Gasteiger partial charge in [0, 0.05) is 29.4 Å². The summed E-state index contributed by atoms with van der Waals surface area (Å²) in [6.45, 7) is 2.22. The first-order valence-corrected chi connectivity index (χ1v) is 11.0. The number of anilines is 1. The normalized spacial score (nSPS) is 14.9. The zero-order chi connectivity index (χ0) is 20.3. The molecule has 0 spiro atoms. The molecule has 4 aromatic rings. The second kappa shape index (κ2) is 8.23. The van der Waals surface area contributed by atoms with Crippen molar-refractivity contribution in [1.82, 2.24) is 25.1 Å². The fraction of sp³-hybridized carbons (Fsp3) is 0.273. The zero-order valence-corrected chi connectivity index (χ0v) is 17.3. The summed E-state index contributed by atoms with van der Waals surface area (Å²) in [5.74, 6) is 1.82. The van der Waals surface area contributed by atoms with Crippen molar-refractivity contribution >= 4 is 28.7 Å². The second-order valence-corrected chi connectivity index (χ2v) is 8.44. The van der Waals surface area contributed by atoms with E-state index in [1.165, 1.54) is 4.88 Å². The summed E-state index contributed by atoms with van der Waals surface area (Å²) >= 11 is 1.67. The van der Waals surface area contributed by atoms with Gasteiger partial charge < -0.3 is 10.2 Å². The van der Waals surface area contributed by atoms with E-state index in [2.05, 4.69) is 20.4 Å². The van der Waals surface area contributed by atoms with Crippen LogP contribution in [0.5, 0.6) is 0 Å². The molecule has 1 aromatic carbocycles. The summed E-state index contributed by atoms with van der Waals surface area (Å²) in [6.07, 6.45) is 1.65. The van der Waals surface area contributed by atoms with E-state index in [1.54, 1.807) is 15.9 Å². The average Bonchev–Trinajstić information content (AvgIpc) is 3.47. The van der Waals surface area contributed by atoms with Crippen molar-refractivity contribution in [2.45, 2.75) is 19.4 Å². The largest absolute Gasteiger partial charge is 0.355 e. The predicted octanol–water partition coefficient (Wildman–Crippen LogP) is 3.39. The lowest BCUT2D eigenvalue weighted by molar-refractivity contribution is -0.125. The third-order valence-electron chi connectivity index (χ3n) is 5.49. The number of piperidine rings is 1. The number of fused-ring (bicyclic) bond motifs is 1. The predicted molar refractivity (Wildman–Crippen MR) is 117 cm³/mol. The van der Waals surface area contributed by atoms with E-state index in [0.717, 1.165) is 48.8 Å². The standard InChI is InChI=1S/C22H22N6OS/c29-22(23-15-18-7-4-14-30-18)17-10-12-27(13-11-17)20-9-8-19-24-25-21(28(19)26-20)16-5-2-1-3-6-16/h1-9,14,17H,10-13,15H2,(H,23,29). The first-order valence-electron chi connectivity index (χ1n) is 10.1. The molecule has 152 valence electrons. The van der Waals surface area contributed by atoms with Gasteiger partial charge in [0.1, 0.15) is 5.82 Å². The van der Waals surface area contributed by atoms with Gasteiger partial charge in [-0.15, -0.1) is 26.6 Å². The topological polar surface area (TPSA) is 75.4 Å². The highest BCUT2D eigenvalue weighted by Crippen LogP contribution is 2.24. The molecule has 0 radical (unpaired) electrons. The maximum absolute atomic E-state index is 12.5. The number of thiophene rings is 1. The Kier molecular flexibility index (Phi) is 5.15. The van der Waals surface area contributed by atoms with Crippen molar-refractivity contribution in [1.29, 1.82) is 0 Å². The lowest BCUT2D eigenvalue weighted by Gasteiger charge is -2.32. The number of carbonyl (C=O) groups is 1. The van der Waals surface area contributed by atoms with E-state index in [9.17, 15) is 4.79 Å². The van der Waals surface area contributed by atoms with E-state index in [-0.39, 0.29) is 11.8 Å². The molecule has 30 heavy (non-hydrogen) atoms. The Morgan fingerprint density at radius 1 is 1.03 bits per heavy atom. The summed E-state index contributed by atoms with van der Waals surface area (Å²) in [5.41, 5.74) is 1.70. The van der Waals surface area contributed by atoms with Crippen LogP contribution in [0.1, 0.15) is 17.7 Å². The smallest absolute Gasteiger partial charge is 0.223 e. The molecule has 1 saturated heterocycles. The molecule has 1 fully saturated rings. The van der Waals surface area contributed by atoms with Crippen molar-refractivity contribution in [2.75, 3.05) is 18.0 Å². The van der Waals surface area contributed by atoms with Crippen LogP contribution in [0.3, 0.4) is 0 Å². The highest BCUT2D eigenvalue weighted by Gasteiger charge is 2.26. The Morgan fingerprint density at radius 3 is 2.63 bits per heavy atom. The van der Waals surface area contributed by atoms with Crippen LogP contribution in [0.2, 0.25) is 0 Å². The van der Waals surface area contributed by atoms with Gasteiger partial charge in [-0.3, -0.25) is 4.79 Å². The number of rotatable bonds is 5. The van der Waals surface area contributed by atoms with Crippen LogP contribution in [0.4, 0.5) is 5.82 Å². The molecule has 8 heteroatoms. The van der Waals surface area contributed by atoms with Gasteiger partial charge in [-0.1, -0.05) is 36.4 Å². The van der Waals surface area contributed by atoms with Crippen LogP contribution in [0, 0.1) is 5.92 Å². The van der Waals surface area contributed by atoms with Crippen LogP contribution in [-0.4, -0.2) is 38.8 Å². The van der Waals surface area contributed by atoms with Gasteiger partial charge in [0.05, 0.1) is 6.54 Å². The van der Waals surface area contributed by atoms with E-state index >= 15 is 0 Å². The minimum absolute atomic E-state index is 0.0553. The van der Waals surface area contributed by atoms with Gasteiger partial charge in [0.15, 0.2) is 11.5 Å². The third-order valence-corrected chi connectivity index (χ3v) is 6.36. The Bertz CT molecular complexity index is 1130. The number of benzene rings is 1. The van der Waals surface area contributed by atoms with Gasteiger partial charge in [-0.2, -0.15) is 4.52 Å². The molecule has 0 aliphatic carbocycles. The van der Waals surface area contributed by atoms with E-state index in [0.29, 0.717) is 6.54 Å². The van der Waals surface area contributed by atoms with Gasteiger partial charge in [0.25, 0.3) is 0 Å². The van der Waals surface area contributed by atoms with E-state index in [4.69, 9.17) is 5.10 Å². The monoisotopic (exact) mass is 418 g/mol. The summed E-state index contributed by atoms with van der Waals surface area (Å²) in [5, 5.41) is 18.4. The molecule has 1 amide bonds. The SMILES string of the molecule is O=C(NCc1cccs1)C1CCN(c2ccc3nnc(-c4ccccc4)n3n2)CC1. The Balaban J connectivity index is 1.26. The molecule has 1 N–H and O–H groups in total. The van der Waals surface area contributed by atoms with Gasteiger partial charge in [-0.25, -0.2) is 0 Å². The second-order valence-electron chi connectivity index (χ2n) is 7.41. The summed E-state index contributed by atoms with van der Waals surface area (Å²) in [7, 11) is 0. The highest BCUT2D eigenvalue weighted by molar-refractivity contribution is 7.09. The van der Waals surface area contributed by atoms with Crippen LogP contribution in [0.25, 0.3) is 17.0 Å². The highest BCUT2D eigenvalue weighted by atomic mass is 32.1. The molecule has 0 atom stereocenters. The lowest BCUT2D eigenvalue weighted by atomic mass is 9.96. The molecule has 7 nitrogen and oxygen atoms in total. The maximum Gasteiger partial charge on any atom is 0.223 e. The van der Waals surface area contributed by atoms with Crippen molar-refractivity contribution < 1.29 is 4.79 Å². The van der Waals surface area contributed by atoms with Gasteiger partial charge in [-0.05, 0) is 36.4 Å². The molecule has 1 aliphatic rings. The van der Waals surface area contributed by atoms with Crippen LogP contribution < -0.4 is 10.2 Å². The summed E-state index contributed by atoms with van der Waals surface area (Å²) in [6, 6.07) is 17.9. The maximum atomic E-state index is 12.5. The Hall–Kier alpha value is -3.26. The number of nitrogens with one attached hydrogen (secondary N) is 1. The molecule has 0 bridgehead atoms. The average molecular weight is 419 g/mol. The van der Waals surface area contributed by atoms with E-state index < -0.39 is 0 Å². The minimum Gasteiger partial charge on any atom is -0.355 e. The quantitative estimate of drug-likeness (QED) is 0.538. The molecule has 0 unspecified atom stereocenters. The van der Waals surface area contributed by atoms with Crippen molar-refractivity contribution in [3.05, 3.63) is 64.9 Å². The number of carbonyl (C=O) groups excluding carboxylic acids is 1.